The molecule has 1 amide bonds. The van der Waals surface area contributed by atoms with Crippen LogP contribution in [-0.4, -0.2) is 201 Å². The second-order valence-electron chi connectivity index (χ2n) is 10.7. The highest BCUT2D eigenvalue weighted by molar-refractivity contribution is 6.17. The number of nitrogens with one attached hydrogen (secondary N) is 1. The van der Waals surface area contributed by atoms with E-state index in [9.17, 15) is 9.59 Å². The fourth-order valence-electron chi connectivity index (χ4n) is 3.72. The van der Waals surface area contributed by atoms with E-state index in [0.29, 0.717) is 159 Å². The number of unbranched alkanes of at least 4 members (excludes halogenated alkanes) is 3. The maximum atomic E-state index is 11.4. The van der Waals surface area contributed by atoms with E-state index in [1.165, 1.54) is 0 Å². The third kappa shape index (κ3) is 46.7. The van der Waals surface area contributed by atoms with Gasteiger partial charge in [0.1, 0.15) is 13.2 Å². The molecule has 52 heavy (non-hydrogen) atoms. The molecule has 0 unspecified atom stereocenters. The number of ether oxygens (including phenoxy) is 13. The number of hydrogen-bond donors (Lipinski definition) is 2. The Morgan fingerprint density at radius 3 is 0.962 bits per heavy atom. The number of alkyl halides is 1. The molecule has 17 nitrogen and oxygen atoms in total. The van der Waals surface area contributed by atoms with E-state index in [2.05, 4.69) is 10.1 Å². The summed E-state index contributed by atoms with van der Waals surface area (Å²) in [5.41, 5.74) is 0. The molecule has 0 bridgehead atoms. The number of carboxylic acid groups (broad SMARTS) is 1. The summed E-state index contributed by atoms with van der Waals surface area (Å²) in [4.78, 5) is 21.7. The normalized spacial score (nSPS) is 11.4. The first-order chi connectivity index (χ1) is 25.7. The lowest BCUT2D eigenvalue weighted by atomic mass is 10.2. The Morgan fingerprint density at radius 2 is 0.654 bits per heavy atom. The van der Waals surface area contributed by atoms with Crippen molar-refractivity contribution in [3.05, 3.63) is 0 Å². The van der Waals surface area contributed by atoms with Gasteiger partial charge in [-0.1, -0.05) is 12.8 Å². The molecule has 0 aromatic rings. The number of carbonyl (C=O) groups is 2. The molecule has 310 valence electrons. The van der Waals surface area contributed by atoms with Crippen LogP contribution in [-0.2, 0) is 71.2 Å². The summed E-state index contributed by atoms with van der Waals surface area (Å²) >= 11 is 5.65. The zero-order valence-corrected chi connectivity index (χ0v) is 31.8. The van der Waals surface area contributed by atoms with Crippen molar-refractivity contribution in [2.45, 2.75) is 25.7 Å². The Hall–Kier alpha value is -1.29. The first-order valence-corrected chi connectivity index (χ1v) is 18.7. The van der Waals surface area contributed by atoms with Crippen LogP contribution < -0.4 is 5.32 Å². The molecular formula is C34H66ClNO16. The monoisotopic (exact) mass is 779 g/mol. The lowest BCUT2D eigenvalue weighted by Crippen LogP contribution is -2.31. The van der Waals surface area contributed by atoms with Crippen molar-refractivity contribution in [2.24, 2.45) is 0 Å². The average Bonchev–Trinajstić information content (AvgIpc) is 3.13. The standard InChI is InChI=1S/C34H66ClNO16/c35-5-3-1-2-4-7-40-9-11-42-13-15-44-17-19-46-21-23-48-25-27-50-29-30-51-28-26-49-24-22-47-20-18-45-16-14-43-12-10-41-8-6-36-33(37)31-52-32-34(38)39/h1-32H2,(H,36,37)(H,38,39). The van der Waals surface area contributed by atoms with Gasteiger partial charge in [0.2, 0.25) is 5.91 Å². The molecule has 0 atom stereocenters. The Balaban J connectivity index is 3.08. The molecule has 0 saturated carbocycles. The first kappa shape index (κ1) is 50.7. The van der Waals surface area contributed by atoms with Crippen molar-refractivity contribution in [2.75, 3.05) is 184 Å². The van der Waals surface area contributed by atoms with Crippen LogP contribution in [0.15, 0.2) is 0 Å². The summed E-state index contributed by atoms with van der Waals surface area (Å²) < 4.78 is 70.2. The van der Waals surface area contributed by atoms with Crippen molar-refractivity contribution in [3.63, 3.8) is 0 Å². The second kappa shape index (κ2) is 45.9. The van der Waals surface area contributed by atoms with Crippen LogP contribution in [0.1, 0.15) is 25.7 Å². The average molecular weight is 780 g/mol. The van der Waals surface area contributed by atoms with Gasteiger partial charge in [-0.15, -0.1) is 11.6 Å². The third-order valence-electron chi connectivity index (χ3n) is 6.29. The van der Waals surface area contributed by atoms with Crippen LogP contribution in [0, 0.1) is 0 Å². The SMILES string of the molecule is O=C(O)COCC(=O)NCCOCCOCCOCCOCCOCCOCCOCCOCCOCCOCCOCCOCCCCCCCl. The van der Waals surface area contributed by atoms with Gasteiger partial charge >= 0.3 is 5.97 Å². The molecule has 0 rings (SSSR count). The van der Waals surface area contributed by atoms with Crippen LogP contribution in [0.5, 0.6) is 0 Å². The van der Waals surface area contributed by atoms with Crippen LogP contribution in [0.3, 0.4) is 0 Å². The van der Waals surface area contributed by atoms with E-state index in [0.717, 1.165) is 38.2 Å². The molecule has 0 heterocycles. The van der Waals surface area contributed by atoms with Gasteiger partial charge in [0.05, 0.1) is 152 Å². The zero-order chi connectivity index (χ0) is 37.7. The quantitative estimate of drug-likeness (QED) is 0.0663. The number of carboxylic acids is 1. The predicted octanol–water partition coefficient (Wildman–Crippen LogP) is 1.20. The van der Waals surface area contributed by atoms with Gasteiger partial charge in [-0.25, -0.2) is 4.79 Å². The van der Waals surface area contributed by atoms with Crippen molar-refractivity contribution in [1.82, 2.24) is 5.32 Å². The van der Waals surface area contributed by atoms with Gasteiger partial charge in [0.15, 0.2) is 0 Å². The van der Waals surface area contributed by atoms with E-state index < -0.39 is 18.5 Å². The van der Waals surface area contributed by atoms with Crippen molar-refractivity contribution in [3.8, 4) is 0 Å². The summed E-state index contributed by atoms with van der Waals surface area (Å²) in [6.07, 6.45) is 4.47. The number of hydrogen-bond acceptors (Lipinski definition) is 15. The van der Waals surface area contributed by atoms with Crippen LogP contribution in [0.2, 0.25) is 0 Å². The first-order valence-electron chi connectivity index (χ1n) is 18.2. The molecule has 0 spiro atoms. The van der Waals surface area contributed by atoms with E-state index in [4.69, 9.17) is 73.5 Å². The summed E-state index contributed by atoms with van der Waals surface area (Å²) in [5, 5.41) is 11.0. The van der Waals surface area contributed by atoms with E-state index in [1.807, 2.05) is 0 Å². The Bertz CT molecular complexity index is 731. The number of amides is 1. The van der Waals surface area contributed by atoms with Gasteiger partial charge in [-0.2, -0.15) is 0 Å². The highest BCUT2D eigenvalue weighted by Gasteiger charge is 2.03. The fraction of sp³-hybridized carbons (Fsp3) is 0.941. The Morgan fingerprint density at radius 1 is 0.365 bits per heavy atom. The molecule has 18 heteroatoms. The maximum absolute atomic E-state index is 11.4. The molecule has 0 aliphatic carbocycles. The number of rotatable bonds is 46. The van der Waals surface area contributed by atoms with Gasteiger partial charge in [0.25, 0.3) is 0 Å². The van der Waals surface area contributed by atoms with Crippen molar-refractivity contribution >= 4 is 23.5 Å². The summed E-state index contributed by atoms with van der Waals surface area (Å²) in [5.74, 6) is -0.786. The van der Waals surface area contributed by atoms with Crippen LogP contribution in [0.25, 0.3) is 0 Å². The fourth-order valence-corrected chi connectivity index (χ4v) is 3.91. The molecule has 0 aliphatic heterocycles. The van der Waals surface area contributed by atoms with Crippen LogP contribution in [0.4, 0.5) is 0 Å². The molecular weight excluding hydrogens is 714 g/mol. The molecule has 0 aromatic heterocycles. The van der Waals surface area contributed by atoms with E-state index in [-0.39, 0.29) is 6.61 Å². The van der Waals surface area contributed by atoms with E-state index in [1.54, 1.807) is 0 Å². The lowest BCUT2D eigenvalue weighted by Gasteiger charge is -2.09. The minimum atomic E-state index is -1.12. The highest BCUT2D eigenvalue weighted by atomic mass is 35.5. The predicted molar refractivity (Wildman–Crippen MR) is 190 cm³/mol. The Labute approximate surface area is 314 Å². The van der Waals surface area contributed by atoms with Gasteiger partial charge in [0, 0.05) is 19.0 Å². The smallest absolute Gasteiger partial charge is 0.329 e. The Kier molecular flexibility index (Phi) is 44.7. The van der Waals surface area contributed by atoms with Crippen molar-refractivity contribution in [1.29, 1.82) is 0 Å². The summed E-state index contributed by atoms with van der Waals surface area (Å²) in [7, 11) is 0. The molecule has 0 aromatic carbocycles. The van der Waals surface area contributed by atoms with Gasteiger partial charge < -0.3 is 72.0 Å². The number of aliphatic carboxylic acids is 1. The second-order valence-corrected chi connectivity index (χ2v) is 11.1. The molecule has 2 N–H and O–H groups in total. The minimum absolute atomic E-state index is 0.299. The summed E-state index contributed by atoms with van der Waals surface area (Å²) in [6.45, 7) is 11.3. The van der Waals surface area contributed by atoms with Gasteiger partial charge in [-0.3, -0.25) is 4.79 Å². The lowest BCUT2D eigenvalue weighted by molar-refractivity contribution is -0.143. The largest absolute Gasteiger partial charge is 0.480 e. The topological polar surface area (TPSA) is 186 Å². The third-order valence-corrected chi connectivity index (χ3v) is 6.56. The molecule has 0 aliphatic rings. The van der Waals surface area contributed by atoms with Crippen LogP contribution >= 0.6 is 11.6 Å². The number of halogens is 1. The maximum Gasteiger partial charge on any atom is 0.329 e. The summed E-state index contributed by atoms with van der Waals surface area (Å²) in [6, 6.07) is 0. The zero-order valence-electron chi connectivity index (χ0n) is 31.1. The molecule has 0 radical (unpaired) electrons. The van der Waals surface area contributed by atoms with Gasteiger partial charge in [-0.05, 0) is 12.8 Å². The van der Waals surface area contributed by atoms with E-state index >= 15 is 0 Å². The molecule has 0 saturated heterocycles. The number of carbonyl (C=O) groups excluding carboxylic acids is 1. The molecule has 0 fully saturated rings. The highest BCUT2D eigenvalue weighted by Crippen LogP contribution is 2.01. The minimum Gasteiger partial charge on any atom is -0.480 e. The van der Waals surface area contributed by atoms with Crippen molar-refractivity contribution < 1.29 is 76.3 Å².